The van der Waals surface area contributed by atoms with Crippen molar-refractivity contribution in [2.75, 3.05) is 19.7 Å². The lowest BCUT2D eigenvalue weighted by atomic mass is 9.95. The lowest BCUT2D eigenvalue weighted by molar-refractivity contribution is 0.0146. The van der Waals surface area contributed by atoms with Gasteiger partial charge in [0.25, 0.3) is 0 Å². The molecule has 3 nitrogen and oxygen atoms in total. The highest BCUT2D eigenvalue weighted by molar-refractivity contribution is 7.71. The minimum Gasteiger partial charge on any atom is -0.375 e. The Morgan fingerprint density at radius 2 is 1.90 bits per heavy atom. The van der Waals surface area contributed by atoms with Crippen molar-refractivity contribution >= 4 is 12.2 Å². The molecule has 0 aliphatic carbocycles. The smallest absolute Gasteiger partial charge is 0.103 e. The average molecular weight is 302 g/mol. The summed E-state index contributed by atoms with van der Waals surface area (Å²) in [4.78, 5) is 2.85. The van der Waals surface area contributed by atoms with Crippen LogP contribution in [0.5, 0.6) is 0 Å². The fourth-order valence-electron chi connectivity index (χ4n) is 2.25. The molecule has 0 spiro atoms. The van der Waals surface area contributed by atoms with E-state index in [1.807, 2.05) is 24.4 Å². The molecular weight excluding hydrogens is 280 g/mol. The molecule has 1 aromatic heterocycles. The first kappa shape index (κ1) is 15.9. The molecule has 1 aromatic carbocycles. The van der Waals surface area contributed by atoms with Crippen molar-refractivity contribution in [1.29, 1.82) is 0 Å². The Labute approximate surface area is 131 Å². The molecule has 3 rings (SSSR count). The predicted octanol–water partition coefficient (Wildman–Crippen LogP) is 3.52. The fourth-order valence-corrected chi connectivity index (χ4v) is 2.40. The van der Waals surface area contributed by atoms with Crippen molar-refractivity contribution in [1.82, 2.24) is 10.3 Å². The molecule has 1 fully saturated rings. The fraction of sp³-hybridized carbons (Fsp3) is 0.353. The zero-order valence-electron chi connectivity index (χ0n) is 12.3. The Hall–Kier alpha value is -1.49. The summed E-state index contributed by atoms with van der Waals surface area (Å²) in [5.74, 6) is 0.476. The molecule has 112 valence electrons. The van der Waals surface area contributed by atoms with Crippen molar-refractivity contribution in [3.8, 4) is 0 Å². The van der Waals surface area contributed by atoms with E-state index in [4.69, 9.17) is 17.0 Å². The van der Waals surface area contributed by atoms with E-state index in [1.165, 1.54) is 5.56 Å². The van der Waals surface area contributed by atoms with Crippen LogP contribution in [0.2, 0.25) is 0 Å². The normalized spacial score (nSPS) is 19.2. The number of aromatic nitrogens is 1. The summed E-state index contributed by atoms with van der Waals surface area (Å²) < 4.78 is 6.51. The van der Waals surface area contributed by atoms with Gasteiger partial charge in [-0.3, -0.25) is 0 Å². The van der Waals surface area contributed by atoms with E-state index in [-0.39, 0.29) is 0 Å². The number of benzene rings is 1. The number of morpholine rings is 1. The van der Waals surface area contributed by atoms with E-state index in [2.05, 4.69) is 47.6 Å². The second-order valence-electron chi connectivity index (χ2n) is 5.04. The summed E-state index contributed by atoms with van der Waals surface area (Å²) in [5, 5.41) is 3.36. The molecular formula is C17H22N2OS. The molecule has 2 atom stereocenters. The topological polar surface area (TPSA) is 37.0 Å². The summed E-state index contributed by atoms with van der Waals surface area (Å²) in [6, 6.07) is 16.2. The number of ether oxygens (including phenoxy) is 1. The third-order valence-corrected chi connectivity index (χ3v) is 3.77. The third-order valence-electron chi connectivity index (χ3n) is 3.52. The first-order valence-corrected chi connectivity index (χ1v) is 7.69. The molecule has 0 bridgehead atoms. The molecule has 2 N–H and O–H groups in total. The Kier molecular flexibility index (Phi) is 6.60. The van der Waals surface area contributed by atoms with Gasteiger partial charge in [0.05, 0.1) is 12.7 Å². The number of rotatable bonds is 2. The summed E-state index contributed by atoms with van der Waals surface area (Å²) in [6.45, 7) is 5.02. The van der Waals surface area contributed by atoms with Gasteiger partial charge in [-0.05, 0) is 17.7 Å². The van der Waals surface area contributed by atoms with Gasteiger partial charge in [-0.2, -0.15) is 0 Å². The molecule has 1 aliphatic rings. The molecule has 4 heteroatoms. The number of hydrogen-bond donors (Lipinski definition) is 2. The summed E-state index contributed by atoms with van der Waals surface area (Å²) >= 11 is 4.76. The van der Waals surface area contributed by atoms with Crippen molar-refractivity contribution in [3.05, 3.63) is 64.9 Å². The van der Waals surface area contributed by atoms with Crippen LogP contribution < -0.4 is 5.32 Å². The molecule has 0 saturated carbocycles. The maximum atomic E-state index is 5.73. The van der Waals surface area contributed by atoms with Gasteiger partial charge in [-0.1, -0.05) is 55.5 Å². The van der Waals surface area contributed by atoms with Gasteiger partial charge in [-0.15, -0.1) is 0 Å². The van der Waals surface area contributed by atoms with E-state index in [1.54, 1.807) is 0 Å². The second-order valence-corrected chi connectivity index (χ2v) is 5.48. The quantitative estimate of drug-likeness (QED) is 0.833. The van der Waals surface area contributed by atoms with Crippen molar-refractivity contribution in [2.24, 2.45) is 0 Å². The number of nitrogens with one attached hydrogen (secondary N) is 2. The van der Waals surface area contributed by atoms with Gasteiger partial charge in [0, 0.05) is 25.2 Å². The Balaban J connectivity index is 0.000000194. The first-order valence-electron chi connectivity index (χ1n) is 7.28. The Morgan fingerprint density at radius 3 is 2.43 bits per heavy atom. The predicted molar refractivity (Wildman–Crippen MR) is 89.1 cm³/mol. The van der Waals surface area contributed by atoms with Crippen molar-refractivity contribution < 1.29 is 4.74 Å². The van der Waals surface area contributed by atoms with Gasteiger partial charge >= 0.3 is 0 Å². The van der Waals surface area contributed by atoms with E-state index in [0.29, 0.717) is 12.0 Å². The number of H-pyrrole nitrogens is 1. The van der Waals surface area contributed by atoms with Gasteiger partial charge in [0.2, 0.25) is 0 Å². The Bertz CT molecular complexity index is 547. The molecule has 1 saturated heterocycles. The zero-order valence-corrected chi connectivity index (χ0v) is 13.1. The number of hydrogen-bond acceptors (Lipinski definition) is 3. The summed E-state index contributed by atoms with van der Waals surface area (Å²) in [6.07, 6.45) is 2.13. The molecule has 0 amide bonds. The van der Waals surface area contributed by atoms with E-state index in [0.717, 1.165) is 24.3 Å². The van der Waals surface area contributed by atoms with Crippen LogP contribution >= 0.6 is 12.2 Å². The third kappa shape index (κ3) is 5.42. The largest absolute Gasteiger partial charge is 0.375 e. The molecule has 1 aliphatic heterocycles. The molecule has 0 radical (unpaired) electrons. The van der Waals surface area contributed by atoms with Crippen molar-refractivity contribution in [2.45, 2.75) is 18.9 Å². The maximum absolute atomic E-state index is 5.73. The second kappa shape index (κ2) is 8.72. The van der Waals surface area contributed by atoms with Crippen LogP contribution in [0.15, 0.2) is 54.7 Å². The minimum absolute atomic E-state index is 0.325. The molecule has 2 aromatic rings. The SMILES string of the molecule is CC(c1ccccc1)C1CNCCO1.S=c1cccc[nH]1. The van der Waals surface area contributed by atoms with Gasteiger partial charge in [-0.25, -0.2) is 0 Å². The lowest BCUT2D eigenvalue weighted by Gasteiger charge is -2.29. The van der Waals surface area contributed by atoms with Crippen LogP contribution in [0.1, 0.15) is 18.4 Å². The maximum Gasteiger partial charge on any atom is 0.103 e. The van der Waals surface area contributed by atoms with Gasteiger partial charge < -0.3 is 15.0 Å². The van der Waals surface area contributed by atoms with Crippen LogP contribution in [0.3, 0.4) is 0 Å². The zero-order chi connectivity index (χ0) is 14.9. The van der Waals surface area contributed by atoms with Crippen LogP contribution in [0, 0.1) is 4.64 Å². The number of aromatic amines is 1. The molecule has 2 unspecified atom stereocenters. The average Bonchev–Trinajstić information content (AvgIpc) is 2.57. The Morgan fingerprint density at radius 1 is 1.14 bits per heavy atom. The van der Waals surface area contributed by atoms with Crippen LogP contribution in [-0.2, 0) is 4.74 Å². The van der Waals surface area contributed by atoms with E-state index in [9.17, 15) is 0 Å². The summed E-state index contributed by atoms with van der Waals surface area (Å²) in [5.41, 5.74) is 1.36. The lowest BCUT2D eigenvalue weighted by Crippen LogP contribution is -2.41. The van der Waals surface area contributed by atoms with E-state index >= 15 is 0 Å². The van der Waals surface area contributed by atoms with Crippen LogP contribution in [0.25, 0.3) is 0 Å². The van der Waals surface area contributed by atoms with Gasteiger partial charge in [0.1, 0.15) is 4.64 Å². The minimum atomic E-state index is 0.325. The highest BCUT2D eigenvalue weighted by atomic mass is 32.1. The van der Waals surface area contributed by atoms with Crippen LogP contribution in [-0.4, -0.2) is 30.8 Å². The number of pyridine rings is 1. The summed E-state index contributed by atoms with van der Waals surface area (Å²) in [7, 11) is 0. The van der Waals surface area contributed by atoms with Gasteiger partial charge in [0.15, 0.2) is 0 Å². The highest BCUT2D eigenvalue weighted by Crippen LogP contribution is 2.21. The molecule has 21 heavy (non-hydrogen) atoms. The first-order chi connectivity index (χ1) is 10.3. The molecule has 2 heterocycles. The van der Waals surface area contributed by atoms with E-state index < -0.39 is 0 Å². The van der Waals surface area contributed by atoms with Crippen molar-refractivity contribution in [3.63, 3.8) is 0 Å². The monoisotopic (exact) mass is 302 g/mol. The standard InChI is InChI=1S/C12H17NO.C5H5NS/c1-10(11-5-3-2-4-6-11)12-9-13-7-8-14-12;7-5-3-1-2-4-6-5/h2-6,10,12-13H,7-9H2,1H3;1-4H,(H,6,7). The van der Waals surface area contributed by atoms with Crippen LogP contribution in [0.4, 0.5) is 0 Å². The highest BCUT2D eigenvalue weighted by Gasteiger charge is 2.21.